The summed E-state index contributed by atoms with van der Waals surface area (Å²) in [5, 5.41) is 15.9. The molecule has 11 heteroatoms. The number of nitrogens with zero attached hydrogens (tertiary/aromatic N) is 2. The van der Waals surface area contributed by atoms with Crippen LogP contribution in [0.5, 0.6) is 0 Å². The fraction of sp³-hybridized carbons (Fsp3) is 0.158. The molecule has 0 aromatic heterocycles. The first-order valence-corrected chi connectivity index (χ1v) is 8.65. The zero-order valence-corrected chi connectivity index (χ0v) is 15.8. The Kier molecular flexibility index (Phi) is 5.28. The summed E-state index contributed by atoms with van der Waals surface area (Å²) in [7, 11) is 0. The van der Waals surface area contributed by atoms with Crippen LogP contribution < -0.4 is 10.6 Å². The average Bonchev–Trinajstić information content (AvgIpc) is 2.94. The summed E-state index contributed by atoms with van der Waals surface area (Å²) in [5.74, 6) is -3.81. The second-order valence-corrected chi connectivity index (χ2v) is 6.48. The van der Waals surface area contributed by atoms with Gasteiger partial charge in [0.1, 0.15) is 17.4 Å². The lowest BCUT2D eigenvalue weighted by Crippen LogP contribution is -2.45. The number of benzene rings is 2. The van der Waals surface area contributed by atoms with Crippen molar-refractivity contribution in [3.8, 4) is 0 Å². The number of imide groups is 1. The van der Waals surface area contributed by atoms with Gasteiger partial charge < -0.3 is 10.6 Å². The number of rotatable bonds is 5. The van der Waals surface area contributed by atoms with Crippen molar-refractivity contribution >= 4 is 40.7 Å². The Morgan fingerprint density at radius 2 is 1.83 bits per heavy atom. The van der Waals surface area contributed by atoms with Gasteiger partial charge in [0, 0.05) is 18.7 Å². The lowest BCUT2D eigenvalue weighted by Gasteiger charge is -2.21. The highest BCUT2D eigenvalue weighted by Gasteiger charge is 2.44. The third kappa shape index (κ3) is 3.60. The van der Waals surface area contributed by atoms with Gasteiger partial charge in [0.05, 0.1) is 16.2 Å². The van der Waals surface area contributed by atoms with Gasteiger partial charge in [-0.25, -0.2) is 4.39 Å². The monoisotopic (exact) mass is 414 g/mol. The Labute approximate surface area is 168 Å². The highest BCUT2D eigenvalue weighted by atomic mass is 19.1. The molecule has 1 heterocycles. The van der Waals surface area contributed by atoms with Gasteiger partial charge in [0.25, 0.3) is 17.5 Å². The summed E-state index contributed by atoms with van der Waals surface area (Å²) in [6, 6.07) is 5.77. The fourth-order valence-corrected chi connectivity index (χ4v) is 3.04. The molecule has 30 heavy (non-hydrogen) atoms. The quantitative estimate of drug-likeness (QED) is 0.437. The molecule has 0 saturated carbocycles. The molecule has 0 aliphatic carbocycles. The molecular weight excluding hydrogens is 399 g/mol. The zero-order valence-electron chi connectivity index (χ0n) is 15.8. The van der Waals surface area contributed by atoms with Crippen molar-refractivity contribution in [2.24, 2.45) is 0 Å². The molecule has 4 amide bonds. The van der Waals surface area contributed by atoms with Crippen molar-refractivity contribution in [1.82, 2.24) is 4.90 Å². The molecule has 0 saturated heterocycles. The van der Waals surface area contributed by atoms with E-state index in [0.29, 0.717) is 4.90 Å². The molecule has 10 nitrogen and oxygen atoms in total. The molecule has 0 fully saturated rings. The first-order chi connectivity index (χ1) is 14.1. The molecule has 2 N–H and O–H groups in total. The van der Waals surface area contributed by atoms with Crippen LogP contribution in [0.4, 0.5) is 21.5 Å². The summed E-state index contributed by atoms with van der Waals surface area (Å²) >= 11 is 0. The number of halogens is 1. The molecule has 1 aliphatic rings. The van der Waals surface area contributed by atoms with Crippen LogP contribution in [-0.2, 0) is 9.59 Å². The number of fused-ring (bicyclic) bond motifs is 1. The van der Waals surface area contributed by atoms with Crippen molar-refractivity contribution in [2.45, 2.75) is 19.9 Å². The van der Waals surface area contributed by atoms with E-state index in [9.17, 15) is 33.7 Å². The zero-order chi connectivity index (χ0) is 22.2. The highest BCUT2D eigenvalue weighted by molar-refractivity contribution is 6.24. The molecule has 1 atom stereocenters. The van der Waals surface area contributed by atoms with E-state index >= 15 is 0 Å². The maximum Gasteiger partial charge on any atom is 0.282 e. The van der Waals surface area contributed by atoms with Gasteiger partial charge in [0.15, 0.2) is 0 Å². The molecule has 154 valence electrons. The summed E-state index contributed by atoms with van der Waals surface area (Å²) in [4.78, 5) is 60.1. The lowest BCUT2D eigenvalue weighted by molar-refractivity contribution is -0.385. The molecule has 1 unspecified atom stereocenters. The molecule has 2 aromatic carbocycles. The number of amides is 4. The van der Waals surface area contributed by atoms with E-state index in [2.05, 4.69) is 10.6 Å². The minimum Gasteiger partial charge on any atom is -0.324 e. The number of carbonyl (C=O) groups is 4. The lowest BCUT2D eigenvalue weighted by atomic mass is 10.1. The number of nitrogens with one attached hydrogen (secondary N) is 2. The summed E-state index contributed by atoms with van der Waals surface area (Å²) in [6.07, 6.45) is 0. The molecular formula is C19H15FN4O6. The van der Waals surface area contributed by atoms with Crippen LogP contribution in [0.25, 0.3) is 0 Å². The minimum atomic E-state index is -1.31. The van der Waals surface area contributed by atoms with Crippen molar-refractivity contribution in [3.05, 3.63) is 63.5 Å². The predicted molar refractivity (Wildman–Crippen MR) is 102 cm³/mol. The summed E-state index contributed by atoms with van der Waals surface area (Å²) in [5.41, 5.74) is -1.12. The maximum absolute atomic E-state index is 13.7. The Morgan fingerprint density at radius 3 is 2.47 bits per heavy atom. The largest absolute Gasteiger partial charge is 0.324 e. The average molecular weight is 414 g/mol. The normalized spacial score (nSPS) is 13.6. The van der Waals surface area contributed by atoms with Crippen LogP contribution in [-0.4, -0.2) is 39.5 Å². The minimum absolute atomic E-state index is 0.111. The number of anilines is 2. The predicted octanol–water partition coefficient (Wildman–Crippen LogP) is 2.32. The van der Waals surface area contributed by atoms with Gasteiger partial charge in [-0.05, 0) is 31.2 Å². The summed E-state index contributed by atoms with van der Waals surface area (Å²) in [6.45, 7) is 2.47. The number of carbonyl (C=O) groups excluding carboxylic acids is 4. The van der Waals surface area contributed by atoms with Gasteiger partial charge >= 0.3 is 0 Å². The Bertz CT molecular complexity index is 1120. The fourth-order valence-electron chi connectivity index (χ4n) is 3.04. The first kappa shape index (κ1) is 20.6. The SMILES string of the molecule is CC(=O)Nc1cc(NC(=O)C(C)N2C(=O)c3cccc([N+](=O)[O-])c3C2=O)ccc1F. The smallest absolute Gasteiger partial charge is 0.282 e. The van der Waals surface area contributed by atoms with Gasteiger partial charge in [-0.3, -0.25) is 34.2 Å². The van der Waals surface area contributed by atoms with E-state index in [1.165, 1.54) is 38.1 Å². The molecule has 0 bridgehead atoms. The number of hydrogen-bond donors (Lipinski definition) is 2. The standard InChI is InChI=1S/C19H15FN4O6/c1-9(17(26)22-11-6-7-13(20)14(8-11)21-10(2)25)23-18(27)12-4-3-5-15(24(29)30)16(12)19(23)28/h3-9H,1-2H3,(H,21,25)(H,22,26). The third-order valence-electron chi connectivity index (χ3n) is 4.43. The molecule has 3 rings (SSSR count). The van der Waals surface area contributed by atoms with Crippen LogP contribution >= 0.6 is 0 Å². The van der Waals surface area contributed by atoms with Crippen LogP contribution in [0.15, 0.2) is 36.4 Å². The van der Waals surface area contributed by atoms with Crippen LogP contribution in [0.1, 0.15) is 34.6 Å². The number of nitro groups is 1. The van der Waals surface area contributed by atoms with Gasteiger partial charge in [0.2, 0.25) is 11.8 Å². The maximum atomic E-state index is 13.7. The highest BCUT2D eigenvalue weighted by Crippen LogP contribution is 2.32. The Balaban J connectivity index is 1.84. The van der Waals surface area contributed by atoms with Crippen LogP contribution in [0.2, 0.25) is 0 Å². The van der Waals surface area contributed by atoms with Gasteiger partial charge in [-0.2, -0.15) is 0 Å². The van der Waals surface area contributed by atoms with Crippen LogP contribution in [0, 0.1) is 15.9 Å². The van der Waals surface area contributed by atoms with Crippen molar-refractivity contribution in [1.29, 1.82) is 0 Å². The van der Waals surface area contributed by atoms with Crippen molar-refractivity contribution < 1.29 is 28.5 Å². The Morgan fingerprint density at radius 1 is 1.13 bits per heavy atom. The van der Waals surface area contributed by atoms with E-state index in [0.717, 1.165) is 12.1 Å². The van der Waals surface area contributed by atoms with E-state index < -0.39 is 46.1 Å². The van der Waals surface area contributed by atoms with E-state index in [1.54, 1.807) is 0 Å². The van der Waals surface area contributed by atoms with Crippen molar-refractivity contribution in [3.63, 3.8) is 0 Å². The first-order valence-electron chi connectivity index (χ1n) is 8.65. The van der Waals surface area contributed by atoms with Crippen molar-refractivity contribution in [2.75, 3.05) is 10.6 Å². The Hall–Kier alpha value is -4.15. The van der Waals surface area contributed by atoms with E-state index in [4.69, 9.17) is 0 Å². The number of nitro benzene ring substituents is 1. The second kappa shape index (κ2) is 7.70. The third-order valence-corrected chi connectivity index (χ3v) is 4.43. The molecule has 0 spiro atoms. The topological polar surface area (TPSA) is 139 Å². The van der Waals surface area contributed by atoms with E-state index in [1.807, 2.05) is 0 Å². The second-order valence-electron chi connectivity index (χ2n) is 6.48. The summed E-state index contributed by atoms with van der Waals surface area (Å²) < 4.78 is 13.7. The molecule has 2 aromatic rings. The number of hydrogen-bond acceptors (Lipinski definition) is 6. The molecule has 0 radical (unpaired) electrons. The van der Waals surface area contributed by atoms with Gasteiger partial charge in [-0.1, -0.05) is 6.07 Å². The van der Waals surface area contributed by atoms with E-state index in [-0.39, 0.29) is 22.5 Å². The molecule has 1 aliphatic heterocycles. The van der Waals surface area contributed by atoms with Crippen LogP contribution in [0.3, 0.4) is 0 Å². The van der Waals surface area contributed by atoms with Gasteiger partial charge in [-0.15, -0.1) is 0 Å².